The molecule has 8 nitrogen and oxygen atoms in total. The number of aromatic carboxylic acids is 1. The number of benzene rings is 3. The number of aryl methyl sites for hydroxylation is 1. The average Bonchev–Trinajstić information content (AvgIpc) is 3.55. The summed E-state index contributed by atoms with van der Waals surface area (Å²) in [5.41, 5.74) is 5.33. The highest BCUT2D eigenvalue weighted by Gasteiger charge is 2.39. The van der Waals surface area contributed by atoms with Crippen molar-refractivity contribution < 1.29 is 23.8 Å². The number of hydrogen-bond acceptors (Lipinski definition) is 6. The number of rotatable bonds is 8. The van der Waals surface area contributed by atoms with Crippen molar-refractivity contribution in [3.63, 3.8) is 0 Å². The number of ether oxygens (including phenoxy) is 2. The standard InChI is InChI=1S/C35H30ClFN4O4/c1-20-11-24(14-32-39-29-10-9-22(34(42)43)13-30(29)41(32)31-18-44-19-35(31,2)3)26(36)15-25(20)28-5-4-6-33(40-28)45-17-23-8-7-21(16-38)12-27(23)37/h4-13,15,31H,14,17-19H2,1-3H3,(H,42,43). The molecular weight excluding hydrogens is 595 g/mol. The van der Waals surface area contributed by atoms with Crippen LogP contribution in [0, 0.1) is 29.5 Å². The van der Waals surface area contributed by atoms with E-state index in [0.717, 1.165) is 28.0 Å². The van der Waals surface area contributed by atoms with Crippen LogP contribution in [0.5, 0.6) is 5.88 Å². The number of halogens is 2. The molecule has 228 valence electrons. The number of carboxylic acids is 1. The predicted octanol–water partition coefficient (Wildman–Crippen LogP) is 7.54. The number of fused-ring (bicyclic) bond motifs is 1. The minimum absolute atomic E-state index is 0.0367. The van der Waals surface area contributed by atoms with Crippen molar-refractivity contribution in [3.05, 3.63) is 111 Å². The van der Waals surface area contributed by atoms with Gasteiger partial charge in [-0.2, -0.15) is 5.26 Å². The molecule has 0 aliphatic carbocycles. The molecule has 2 aromatic heterocycles. The van der Waals surface area contributed by atoms with Crippen LogP contribution in [0.2, 0.25) is 5.02 Å². The van der Waals surface area contributed by atoms with Gasteiger partial charge in [0, 0.05) is 34.1 Å². The van der Waals surface area contributed by atoms with E-state index in [1.807, 2.05) is 37.3 Å². The number of aromatic nitrogens is 3. The molecule has 1 atom stereocenters. The van der Waals surface area contributed by atoms with Crippen LogP contribution < -0.4 is 4.74 Å². The first-order chi connectivity index (χ1) is 21.5. The van der Waals surface area contributed by atoms with E-state index in [0.29, 0.717) is 47.3 Å². The van der Waals surface area contributed by atoms with Gasteiger partial charge in [-0.3, -0.25) is 0 Å². The summed E-state index contributed by atoms with van der Waals surface area (Å²) in [5.74, 6) is -0.407. The van der Waals surface area contributed by atoms with E-state index in [2.05, 4.69) is 23.4 Å². The molecule has 1 fully saturated rings. The van der Waals surface area contributed by atoms with Gasteiger partial charge in [0.05, 0.1) is 53.2 Å². The number of carboxylic acid groups (broad SMARTS) is 1. The first-order valence-electron chi connectivity index (χ1n) is 14.4. The average molecular weight is 625 g/mol. The number of hydrogen-bond donors (Lipinski definition) is 1. The van der Waals surface area contributed by atoms with Gasteiger partial charge in [0.15, 0.2) is 0 Å². The zero-order valence-corrected chi connectivity index (χ0v) is 25.7. The number of imidazole rings is 1. The SMILES string of the molecule is Cc1cc(Cc2nc3ccc(C(=O)O)cc3n2C2COCC2(C)C)c(Cl)cc1-c1cccc(OCc2ccc(C#N)cc2F)n1. The lowest BCUT2D eigenvalue weighted by molar-refractivity contribution is 0.0697. The highest BCUT2D eigenvalue weighted by atomic mass is 35.5. The minimum atomic E-state index is -0.994. The molecule has 1 unspecified atom stereocenters. The molecule has 0 amide bonds. The number of nitriles is 1. The Morgan fingerprint density at radius 2 is 1.98 bits per heavy atom. The van der Waals surface area contributed by atoms with E-state index < -0.39 is 11.8 Å². The predicted molar refractivity (Wildman–Crippen MR) is 168 cm³/mol. The Kier molecular flexibility index (Phi) is 8.04. The van der Waals surface area contributed by atoms with Crippen molar-refractivity contribution in [3.8, 4) is 23.2 Å². The summed E-state index contributed by atoms with van der Waals surface area (Å²) in [5, 5.41) is 19.2. The fourth-order valence-electron chi connectivity index (χ4n) is 5.78. The molecule has 1 saturated heterocycles. The third kappa shape index (κ3) is 5.99. The lowest BCUT2D eigenvalue weighted by Gasteiger charge is -2.28. The minimum Gasteiger partial charge on any atom is -0.478 e. The Bertz CT molecular complexity index is 2000. The molecule has 0 spiro atoms. The van der Waals surface area contributed by atoms with Crippen LogP contribution in [0.1, 0.15) is 58.3 Å². The van der Waals surface area contributed by atoms with Crippen LogP contribution >= 0.6 is 11.6 Å². The van der Waals surface area contributed by atoms with E-state index in [9.17, 15) is 14.3 Å². The smallest absolute Gasteiger partial charge is 0.335 e. The maximum atomic E-state index is 14.3. The second kappa shape index (κ2) is 12.0. The molecule has 3 aromatic carbocycles. The van der Waals surface area contributed by atoms with E-state index in [1.165, 1.54) is 12.1 Å². The highest BCUT2D eigenvalue weighted by Crippen LogP contribution is 2.41. The molecule has 1 N–H and O–H groups in total. The summed E-state index contributed by atoms with van der Waals surface area (Å²) in [6.07, 6.45) is 0.427. The zero-order chi connectivity index (χ0) is 31.9. The van der Waals surface area contributed by atoms with E-state index in [1.54, 1.807) is 30.3 Å². The molecule has 0 saturated carbocycles. The molecule has 3 heterocycles. The quantitative estimate of drug-likeness (QED) is 0.190. The molecule has 45 heavy (non-hydrogen) atoms. The van der Waals surface area contributed by atoms with Gasteiger partial charge in [-0.1, -0.05) is 43.6 Å². The molecular formula is C35H30ClFN4O4. The van der Waals surface area contributed by atoms with Gasteiger partial charge in [-0.25, -0.2) is 19.2 Å². The van der Waals surface area contributed by atoms with Gasteiger partial charge in [0.25, 0.3) is 0 Å². The van der Waals surface area contributed by atoms with E-state index in [-0.39, 0.29) is 29.2 Å². The van der Waals surface area contributed by atoms with E-state index >= 15 is 0 Å². The summed E-state index contributed by atoms with van der Waals surface area (Å²) >= 11 is 6.89. The first kappa shape index (κ1) is 30.3. The number of pyridine rings is 1. The van der Waals surface area contributed by atoms with Crippen LogP contribution in [-0.4, -0.2) is 38.8 Å². The van der Waals surface area contributed by atoms with Crippen LogP contribution in [0.25, 0.3) is 22.3 Å². The van der Waals surface area contributed by atoms with Crippen molar-refractivity contribution in [2.24, 2.45) is 5.41 Å². The Morgan fingerprint density at radius 3 is 2.69 bits per heavy atom. The molecule has 1 aliphatic heterocycles. The summed E-state index contributed by atoms with van der Waals surface area (Å²) in [7, 11) is 0. The van der Waals surface area contributed by atoms with Crippen molar-refractivity contribution in [1.29, 1.82) is 5.26 Å². The Morgan fingerprint density at radius 1 is 1.16 bits per heavy atom. The molecule has 6 rings (SSSR count). The molecule has 0 bridgehead atoms. The normalized spacial score (nSPS) is 15.7. The lowest BCUT2D eigenvalue weighted by atomic mass is 9.87. The maximum absolute atomic E-state index is 14.3. The van der Waals surface area contributed by atoms with Crippen molar-refractivity contribution in [2.45, 2.75) is 39.8 Å². The number of carbonyl (C=O) groups is 1. The molecule has 1 aliphatic rings. The Hall–Kier alpha value is -4.78. The van der Waals surface area contributed by atoms with Crippen molar-refractivity contribution in [2.75, 3.05) is 13.2 Å². The topological polar surface area (TPSA) is 110 Å². The van der Waals surface area contributed by atoms with Crippen LogP contribution in [0.4, 0.5) is 4.39 Å². The van der Waals surface area contributed by atoms with Gasteiger partial charge < -0.3 is 19.1 Å². The largest absolute Gasteiger partial charge is 0.478 e. The summed E-state index contributed by atoms with van der Waals surface area (Å²) in [6, 6.07) is 20.4. The summed E-state index contributed by atoms with van der Waals surface area (Å²) in [4.78, 5) is 21.3. The third-order valence-electron chi connectivity index (χ3n) is 8.27. The van der Waals surface area contributed by atoms with Crippen LogP contribution in [-0.2, 0) is 17.8 Å². The van der Waals surface area contributed by atoms with Gasteiger partial charge in [0.1, 0.15) is 18.2 Å². The third-order valence-corrected chi connectivity index (χ3v) is 8.62. The monoisotopic (exact) mass is 624 g/mol. The highest BCUT2D eigenvalue weighted by molar-refractivity contribution is 6.31. The number of nitrogens with zero attached hydrogens (tertiary/aromatic N) is 4. The maximum Gasteiger partial charge on any atom is 0.335 e. The van der Waals surface area contributed by atoms with Crippen LogP contribution in [0.15, 0.2) is 66.7 Å². The fraction of sp³-hybridized carbons (Fsp3) is 0.257. The van der Waals surface area contributed by atoms with Gasteiger partial charge in [0.2, 0.25) is 5.88 Å². The Balaban J connectivity index is 1.30. The summed E-state index contributed by atoms with van der Waals surface area (Å²) < 4.78 is 28.1. The van der Waals surface area contributed by atoms with Gasteiger partial charge in [-0.05, 0) is 60.5 Å². The van der Waals surface area contributed by atoms with E-state index in [4.69, 9.17) is 31.3 Å². The van der Waals surface area contributed by atoms with Crippen LogP contribution in [0.3, 0.4) is 0 Å². The zero-order valence-electron chi connectivity index (χ0n) is 25.0. The van der Waals surface area contributed by atoms with Crippen molar-refractivity contribution >= 4 is 28.6 Å². The second-order valence-electron chi connectivity index (χ2n) is 11.9. The Labute approximate surface area is 264 Å². The van der Waals surface area contributed by atoms with Crippen molar-refractivity contribution in [1.82, 2.24) is 14.5 Å². The molecule has 10 heteroatoms. The van der Waals surface area contributed by atoms with Gasteiger partial charge in [-0.15, -0.1) is 0 Å². The fourth-order valence-corrected chi connectivity index (χ4v) is 6.01. The molecule has 5 aromatic rings. The lowest BCUT2D eigenvalue weighted by Crippen LogP contribution is -2.27. The first-order valence-corrected chi connectivity index (χ1v) is 14.8. The van der Waals surface area contributed by atoms with Gasteiger partial charge >= 0.3 is 5.97 Å². The summed E-state index contributed by atoms with van der Waals surface area (Å²) in [6.45, 7) is 7.30. The molecule has 0 radical (unpaired) electrons. The second-order valence-corrected chi connectivity index (χ2v) is 12.3.